The zero-order valence-corrected chi connectivity index (χ0v) is 43.8. The third kappa shape index (κ3) is 8.74. The number of morpholine rings is 1. The Hall–Kier alpha value is -6.29. The van der Waals surface area contributed by atoms with Gasteiger partial charge in [0.15, 0.2) is 11.4 Å². The maximum atomic E-state index is 14.9. The molecule has 1 saturated carbocycles. The molecule has 6 fully saturated rings. The van der Waals surface area contributed by atoms with Gasteiger partial charge in [-0.25, -0.2) is 13.1 Å². The number of benzene rings is 3. The molecule has 2 aromatic heterocycles. The SMILES string of the molecule is C=C(C)c1ccccc1[C@@H]1CCCN1C1CC2(CCN(c3ccc(C(=O)NS(=O)(=O)c4cc5c(c([N+](=O)[O-])c4)N[C@@H]([C@H]4CN(C6COC6)[C@H](C)CO4)CO5)c(N4c5cc6cc[nH]c6nc5O[C@@H]5COCC[C@@H]54)c3)CC2)C1. The predicted molar refractivity (Wildman–Crippen MR) is 286 cm³/mol. The number of ether oxygens (including phenoxy) is 5. The van der Waals surface area contributed by atoms with E-state index in [1.165, 1.54) is 36.5 Å². The number of nitrogens with one attached hydrogen (secondary N) is 3. The van der Waals surface area contributed by atoms with Gasteiger partial charge in [-0.3, -0.25) is 24.7 Å². The molecule has 3 N–H and O–H groups in total. The summed E-state index contributed by atoms with van der Waals surface area (Å²) in [5, 5.41) is 16.8. The zero-order chi connectivity index (χ0) is 52.0. The van der Waals surface area contributed by atoms with Crippen molar-refractivity contribution in [1.82, 2.24) is 24.5 Å². The van der Waals surface area contributed by atoms with E-state index >= 15 is 0 Å². The van der Waals surface area contributed by atoms with Crippen molar-refractivity contribution in [2.45, 2.75) is 112 Å². The zero-order valence-electron chi connectivity index (χ0n) is 42.9. The summed E-state index contributed by atoms with van der Waals surface area (Å²) in [7, 11) is -4.73. The molecule has 1 spiro atoms. The van der Waals surface area contributed by atoms with Gasteiger partial charge in [0.1, 0.15) is 24.0 Å². The molecular formula is C56H65N9O10S. The van der Waals surface area contributed by atoms with Gasteiger partial charge in [-0.15, -0.1) is 0 Å². The highest BCUT2D eigenvalue weighted by Gasteiger charge is 2.51. The van der Waals surface area contributed by atoms with E-state index in [2.05, 4.69) is 79.3 Å². The quantitative estimate of drug-likeness (QED) is 0.0862. The van der Waals surface area contributed by atoms with Gasteiger partial charge in [-0.05, 0) is 112 Å². The molecular weight excluding hydrogens is 991 g/mol. The van der Waals surface area contributed by atoms with E-state index in [0.717, 1.165) is 61.6 Å². The first-order valence-corrected chi connectivity index (χ1v) is 28.4. The Bertz CT molecular complexity index is 3220. The van der Waals surface area contributed by atoms with Gasteiger partial charge in [-0.2, -0.15) is 4.98 Å². The number of H-pyrrole nitrogens is 1. The highest BCUT2D eigenvalue weighted by molar-refractivity contribution is 7.90. The lowest BCUT2D eigenvalue weighted by molar-refractivity contribution is -0.384. The minimum atomic E-state index is -4.73. The van der Waals surface area contributed by atoms with Gasteiger partial charge in [0.2, 0.25) is 5.88 Å². The van der Waals surface area contributed by atoms with E-state index in [1.807, 2.05) is 30.5 Å². The molecule has 0 bridgehead atoms. The van der Waals surface area contributed by atoms with Crippen LogP contribution in [0.3, 0.4) is 0 Å². The third-order valence-electron chi connectivity index (χ3n) is 17.7. The second kappa shape index (κ2) is 19.3. The van der Waals surface area contributed by atoms with Crippen molar-refractivity contribution >= 4 is 61.0 Å². The van der Waals surface area contributed by atoms with Crippen LogP contribution in [-0.4, -0.2) is 147 Å². The molecule has 9 heterocycles. The summed E-state index contributed by atoms with van der Waals surface area (Å²) >= 11 is 0. The number of sulfonamides is 1. The smallest absolute Gasteiger partial charge is 0.297 e. The molecule has 6 atom stereocenters. The third-order valence-corrected chi connectivity index (χ3v) is 19.1. The van der Waals surface area contributed by atoms with Crippen molar-refractivity contribution in [3.05, 3.63) is 106 Å². The Morgan fingerprint density at radius 2 is 1.74 bits per heavy atom. The van der Waals surface area contributed by atoms with Crippen LogP contribution in [0, 0.1) is 15.5 Å². The van der Waals surface area contributed by atoms with Crippen LogP contribution in [0.5, 0.6) is 11.6 Å². The average molecular weight is 1060 g/mol. The van der Waals surface area contributed by atoms with E-state index in [9.17, 15) is 23.3 Å². The second-order valence-electron chi connectivity index (χ2n) is 22.4. The number of hydrogen-bond donors (Lipinski definition) is 3. The van der Waals surface area contributed by atoms with Crippen LogP contribution in [0.4, 0.5) is 28.4 Å². The summed E-state index contributed by atoms with van der Waals surface area (Å²) in [5.74, 6) is -0.551. The van der Waals surface area contributed by atoms with Crippen molar-refractivity contribution in [2.75, 3.05) is 80.9 Å². The number of nitro groups is 1. The number of amides is 1. The van der Waals surface area contributed by atoms with Crippen molar-refractivity contribution in [3.63, 3.8) is 0 Å². The lowest BCUT2D eigenvalue weighted by atomic mass is 9.59. The summed E-state index contributed by atoms with van der Waals surface area (Å²) in [5.41, 5.74) is 6.35. The molecule has 7 aliphatic heterocycles. The monoisotopic (exact) mass is 1060 g/mol. The minimum Gasteiger partial charge on any atom is -0.489 e. The van der Waals surface area contributed by atoms with Crippen LogP contribution < -0.4 is 29.3 Å². The van der Waals surface area contributed by atoms with Crippen molar-refractivity contribution in [3.8, 4) is 11.6 Å². The van der Waals surface area contributed by atoms with Gasteiger partial charge in [0, 0.05) is 73.8 Å². The molecule has 400 valence electrons. The number of likely N-dealkylation sites (tertiary alicyclic amines) is 1. The number of rotatable bonds is 11. The molecule has 13 rings (SSSR count). The summed E-state index contributed by atoms with van der Waals surface area (Å²) in [4.78, 5) is 44.1. The van der Waals surface area contributed by atoms with Crippen molar-refractivity contribution in [2.24, 2.45) is 5.41 Å². The topological polar surface area (TPSA) is 206 Å². The van der Waals surface area contributed by atoms with E-state index < -0.39 is 43.6 Å². The number of nitro benzene ring substituents is 1. The second-order valence-corrected chi connectivity index (χ2v) is 24.1. The van der Waals surface area contributed by atoms with Crippen LogP contribution in [0.2, 0.25) is 0 Å². The maximum absolute atomic E-state index is 14.9. The number of allylic oxidation sites excluding steroid dienone is 1. The molecule has 8 aliphatic rings. The summed E-state index contributed by atoms with van der Waals surface area (Å²) in [6.45, 7) is 14.4. The summed E-state index contributed by atoms with van der Waals surface area (Å²) in [6.07, 6.45) is 8.35. The number of carbonyl (C=O) groups excluding carboxylic acids is 1. The lowest BCUT2D eigenvalue weighted by Crippen LogP contribution is -2.62. The van der Waals surface area contributed by atoms with E-state index in [-0.39, 0.29) is 53.3 Å². The van der Waals surface area contributed by atoms with Gasteiger partial charge >= 0.3 is 0 Å². The molecule has 3 aromatic carbocycles. The molecule has 1 amide bonds. The van der Waals surface area contributed by atoms with Crippen LogP contribution in [0.25, 0.3) is 16.6 Å². The Morgan fingerprint density at radius 1 is 0.908 bits per heavy atom. The van der Waals surface area contributed by atoms with Crippen molar-refractivity contribution in [1.29, 1.82) is 0 Å². The molecule has 76 heavy (non-hydrogen) atoms. The molecule has 19 nitrogen and oxygen atoms in total. The maximum Gasteiger partial charge on any atom is 0.297 e. The molecule has 5 aromatic rings. The van der Waals surface area contributed by atoms with Gasteiger partial charge in [0.05, 0.1) is 71.7 Å². The van der Waals surface area contributed by atoms with E-state index in [0.29, 0.717) is 81.0 Å². The van der Waals surface area contributed by atoms with E-state index in [4.69, 9.17) is 28.7 Å². The highest BCUT2D eigenvalue weighted by atomic mass is 32.2. The predicted octanol–water partition coefficient (Wildman–Crippen LogP) is 7.56. The Balaban J connectivity index is 0.780. The van der Waals surface area contributed by atoms with E-state index in [1.54, 1.807) is 6.07 Å². The number of piperidine rings is 1. The van der Waals surface area contributed by atoms with Crippen LogP contribution in [0.1, 0.15) is 86.3 Å². The number of fused-ring (bicyclic) bond motifs is 4. The molecule has 5 saturated heterocycles. The first-order chi connectivity index (χ1) is 36.8. The van der Waals surface area contributed by atoms with Crippen LogP contribution in [0.15, 0.2) is 84.4 Å². The van der Waals surface area contributed by atoms with Gasteiger partial charge in [0.25, 0.3) is 21.6 Å². The first kappa shape index (κ1) is 49.3. The first-order valence-electron chi connectivity index (χ1n) is 26.9. The number of aromatic amines is 1. The molecule has 1 aliphatic carbocycles. The largest absolute Gasteiger partial charge is 0.489 e. The number of aromatic nitrogens is 2. The lowest BCUT2D eigenvalue weighted by Gasteiger charge is -2.56. The van der Waals surface area contributed by atoms with Gasteiger partial charge in [-0.1, -0.05) is 36.4 Å². The number of hydrogen-bond acceptors (Lipinski definition) is 16. The number of pyridine rings is 1. The van der Waals surface area contributed by atoms with Crippen LogP contribution >= 0.6 is 0 Å². The Labute approximate surface area is 442 Å². The Morgan fingerprint density at radius 3 is 2.53 bits per heavy atom. The average Bonchev–Trinajstić information content (AvgIpc) is 4.21. The molecule has 0 unspecified atom stereocenters. The summed E-state index contributed by atoms with van der Waals surface area (Å²) < 4.78 is 61.5. The normalized spacial score (nSPS) is 26.8. The standard InChI is InChI=1S/C56H65N9O10S/c1-33(2)40-7-4-5-8-41(40)44-9-6-17-62(44)37-25-56(26-37)14-18-61(19-15-56)36-10-11-42(46(22-36)64-45-13-20-71-32-51(45)75-55-48(64)21-35-12-16-57-53(35)59-55)54(66)60-76(69,70)39-23-47(65(67)68)52-49(24-39)74-31-43(58-52)50-27-63(34(3)28-73-50)38-29-72-30-38/h4-5,7-8,10-12,16,21-24,34,37-38,43-45,50-51,58H,1,6,9,13-15,17-20,25-32H2,2-3H3,(H,57,59)(H,60,66)/t34-,43-,44+,45+,50-,51-/m1/s1. The fraction of sp³-hybridized carbons (Fsp3) is 0.500. The molecule has 0 radical (unpaired) electrons. The minimum absolute atomic E-state index is 0.0128. The Kier molecular flexibility index (Phi) is 12.5. The molecule has 20 heteroatoms. The fourth-order valence-electron chi connectivity index (χ4n) is 13.6. The fourth-order valence-corrected chi connectivity index (χ4v) is 14.6. The van der Waals surface area contributed by atoms with Crippen molar-refractivity contribution < 1.29 is 41.8 Å². The van der Waals surface area contributed by atoms with Crippen LogP contribution in [-0.2, 0) is 24.2 Å². The summed E-state index contributed by atoms with van der Waals surface area (Å²) in [6, 6.07) is 21.1. The number of nitrogens with zero attached hydrogens (tertiary/aromatic N) is 6. The number of carbonyl (C=O) groups is 1. The van der Waals surface area contributed by atoms with Gasteiger partial charge < -0.3 is 43.8 Å². The highest BCUT2D eigenvalue weighted by Crippen LogP contribution is 2.55. The number of anilines is 4.